The number of rotatable bonds is 6. The fraction of sp³-hybridized carbons (Fsp3) is 0.333. The molecule has 1 saturated heterocycles. The van der Waals surface area contributed by atoms with Crippen LogP contribution in [-0.4, -0.2) is 41.8 Å². The molecule has 2 aromatic rings. The Hall–Kier alpha value is -2.69. The van der Waals surface area contributed by atoms with Crippen LogP contribution < -0.4 is 0 Å². The Morgan fingerprint density at radius 1 is 1.15 bits per heavy atom. The van der Waals surface area contributed by atoms with Gasteiger partial charge in [-0.2, -0.15) is 0 Å². The minimum atomic E-state index is -0.352. The molecule has 1 aliphatic heterocycles. The van der Waals surface area contributed by atoms with Gasteiger partial charge in [-0.1, -0.05) is 48.5 Å². The van der Waals surface area contributed by atoms with E-state index in [2.05, 4.69) is 0 Å². The van der Waals surface area contributed by atoms with Gasteiger partial charge < -0.3 is 9.80 Å². The lowest BCUT2D eigenvalue weighted by atomic mass is 10.1. The molecule has 2 amide bonds. The lowest BCUT2D eigenvalue weighted by molar-refractivity contribution is -0.135. The lowest BCUT2D eigenvalue weighted by Crippen LogP contribution is -2.35. The topological polar surface area (TPSA) is 40.6 Å². The standard InChI is InChI=1S/C21H23FN2O2/c1-23(14-17-9-5-6-10-19(17)22)21(26)18-13-20(25)24(15-18)12-11-16-7-3-2-4-8-16/h2-10,18H,11-15H2,1H3. The summed E-state index contributed by atoms with van der Waals surface area (Å²) in [6.07, 6.45) is 1.01. The van der Waals surface area contributed by atoms with E-state index in [-0.39, 0.29) is 36.5 Å². The Kier molecular flexibility index (Phi) is 5.66. The fourth-order valence-electron chi connectivity index (χ4n) is 3.33. The summed E-state index contributed by atoms with van der Waals surface area (Å²) in [7, 11) is 1.66. The van der Waals surface area contributed by atoms with E-state index in [0.717, 1.165) is 6.42 Å². The highest BCUT2D eigenvalue weighted by Crippen LogP contribution is 2.21. The predicted molar refractivity (Wildman–Crippen MR) is 97.7 cm³/mol. The third-order valence-electron chi connectivity index (χ3n) is 4.82. The number of hydrogen-bond donors (Lipinski definition) is 0. The second-order valence-corrected chi connectivity index (χ2v) is 6.76. The maximum absolute atomic E-state index is 13.8. The van der Waals surface area contributed by atoms with Crippen molar-refractivity contribution in [2.75, 3.05) is 20.1 Å². The van der Waals surface area contributed by atoms with Gasteiger partial charge in [0.25, 0.3) is 0 Å². The minimum Gasteiger partial charge on any atom is -0.342 e. The summed E-state index contributed by atoms with van der Waals surface area (Å²) in [5, 5.41) is 0. The molecule has 1 fully saturated rings. The van der Waals surface area contributed by atoms with Gasteiger partial charge >= 0.3 is 0 Å². The third kappa shape index (κ3) is 4.28. The zero-order chi connectivity index (χ0) is 18.5. The second-order valence-electron chi connectivity index (χ2n) is 6.76. The van der Waals surface area contributed by atoms with Crippen LogP contribution in [0.2, 0.25) is 0 Å². The molecule has 0 radical (unpaired) electrons. The maximum Gasteiger partial charge on any atom is 0.228 e. The van der Waals surface area contributed by atoms with Crippen molar-refractivity contribution in [1.82, 2.24) is 9.80 Å². The van der Waals surface area contributed by atoms with E-state index in [1.165, 1.54) is 16.5 Å². The molecule has 4 nitrogen and oxygen atoms in total. The van der Waals surface area contributed by atoms with Crippen LogP contribution >= 0.6 is 0 Å². The van der Waals surface area contributed by atoms with Crippen LogP contribution in [0.5, 0.6) is 0 Å². The number of carbonyl (C=O) groups is 2. The molecule has 3 rings (SSSR count). The highest BCUT2D eigenvalue weighted by Gasteiger charge is 2.35. The van der Waals surface area contributed by atoms with E-state index in [1.807, 2.05) is 30.3 Å². The molecule has 1 heterocycles. The quantitative estimate of drug-likeness (QED) is 0.800. The first-order valence-electron chi connectivity index (χ1n) is 8.84. The number of carbonyl (C=O) groups excluding carboxylic acids is 2. The summed E-state index contributed by atoms with van der Waals surface area (Å²) in [5.41, 5.74) is 1.65. The molecule has 0 aliphatic carbocycles. The number of amides is 2. The monoisotopic (exact) mass is 354 g/mol. The molecule has 1 unspecified atom stereocenters. The van der Waals surface area contributed by atoms with Crippen molar-refractivity contribution in [2.45, 2.75) is 19.4 Å². The number of hydrogen-bond acceptors (Lipinski definition) is 2. The summed E-state index contributed by atoms with van der Waals surface area (Å²) in [4.78, 5) is 28.2. The Balaban J connectivity index is 1.55. The van der Waals surface area contributed by atoms with Crippen molar-refractivity contribution in [3.63, 3.8) is 0 Å². The first-order valence-corrected chi connectivity index (χ1v) is 8.84. The van der Waals surface area contributed by atoms with Gasteiger partial charge in [-0.3, -0.25) is 9.59 Å². The Morgan fingerprint density at radius 3 is 2.58 bits per heavy atom. The van der Waals surface area contributed by atoms with Crippen LogP contribution in [0.3, 0.4) is 0 Å². The van der Waals surface area contributed by atoms with Gasteiger partial charge in [0.1, 0.15) is 5.82 Å². The predicted octanol–water partition coefficient (Wildman–Crippen LogP) is 2.88. The van der Waals surface area contributed by atoms with E-state index in [9.17, 15) is 14.0 Å². The summed E-state index contributed by atoms with van der Waals surface area (Å²) in [6.45, 7) is 1.26. The average molecular weight is 354 g/mol. The fourth-order valence-corrected chi connectivity index (χ4v) is 3.33. The molecule has 0 spiro atoms. The molecule has 1 aliphatic rings. The van der Waals surface area contributed by atoms with Gasteiger partial charge in [0.15, 0.2) is 0 Å². The molecule has 2 aromatic carbocycles. The smallest absolute Gasteiger partial charge is 0.228 e. The van der Waals surface area contributed by atoms with Crippen molar-refractivity contribution >= 4 is 11.8 Å². The van der Waals surface area contributed by atoms with E-state index in [4.69, 9.17) is 0 Å². The van der Waals surface area contributed by atoms with E-state index in [1.54, 1.807) is 30.1 Å². The zero-order valence-corrected chi connectivity index (χ0v) is 14.9. The van der Waals surface area contributed by atoms with E-state index < -0.39 is 0 Å². The molecule has 5 heteroatoms. The summed E-state index contributed by atoms with van der Waals surface area (Å²) >= 11 is 0. The van der Waals surface area contributed by atoms with Crippen molar-refractivity contribution in [1.29, 1.82) is 0 Å². The molecule has 1 atom stereocenters. The normalized spacial score (nSPS) is 16.8. The zero-order valence-electron chi connectivity index (χ0n) is 14.9. The largest absolute Gasteiger partial charge is 0.342 e. The second kappa shape index (κ2) is 8.13. The maximum atomic E-state index is 13.8. The molecule has 26 heavy (non-hydrogen) atoms. The molecular formula is C21H23FN2O2. The van der Waals surface area contributed by atoms with Crippen LogP contribution in [0.1, 0.15) is 17.5 Å². The highest BCUT2D eigenvalue weighted by molar-refractivity contribution is 5.89. The Morgan fingerprint density at radius 2 is 1.85 bits per heavy atom. The minimum absolute atomic E-state index is 0.0126. The molecular weight excluding hydrogens is 331 g/mol. The van der Waals surface area contributed by atoms with E-state index in [0.29, 0.717) is 18.7 Å². The summed E-state index contributed by atoms with van der Waals surface area (Å²) in [5.74, 6) is -0.767. The number of benzene rings is 2. The van der Waals surface area contributed by atoms with Gasteiger partial charge in [-0.25, -0.2) is 4.39 Å². The molecule has 0 N–H and O–H groups in total. The van der Waals surface area contributed by atoms with Crippen LogP contribution in [0.4, 0.5) is 4.39 Å². The number of likely N-dealkylation sites (tertiary alicyclic amines) is 1. The number of nitrogens with zero attached hydrogens (tertiary/aromatic N) is 2. The number of halogens is 1. The molecule has 0 aromatic heterocycles. The molecule has 0 bridgehead atoms. The van der Waals surface area contributed by atoms with E-state index >= 15 is 0 Å². The molecule has 0 saturated carbocycles. The van der Waals surface area contributed by atoms with Crippen LogP contribution in [0, 0.1) is 11.7 Å². The first kappa shape index (κ1) is 18.1. The van der Waals surface area contributed by atoms with Gasteiger partial charge in [0.2, 0.25) is 11.8 Å². The Labute approximate surface area is 153 Å². The summed E-state index contributed by atoms with van der Waals surface area (Å²) in [6, 6.07) is 16.4. The summed E-state index contributed by atoms with van der Waals surface area (Å²) < 4.78 is 13.8. The first-order chi connectivity index (χ1) is 12.5. The van der Waals surface area contributed by atoms with Crippen LogP contribution in [0.25, 0.3) is 0 Å². The van der Waals surface area contributed by atoms with Crippen molar-refractivity contribution in [2.24, 2.45) is 5.92 Å². The third-order valence-corrected chi connectivity index (χ3v) is 4.82. The van der Waals surface area contributed by atoms with Crippen LogP contribution in [0.15, 0.2) is 54.6 Å². The Bertz CT molecular complexity index is 779. The highest BCUT2D eigenvalue weighted by atomic mass is 19.1. The van der Waals surface area contributed by atoms with Crippen LogP contribution in [-0.2, 0) is 22.6 Å². The SMILES string of the molecule is CN(Cc1ccccc1F)C(=O)C1CC(=O)N(CCc2ccccc2)C1. The van der Waals surface area contributed by atoms with Gasteiger partial charge in [-0.05, 0) is 18.1 Å². The average Bonchev–Trinajstić information content (AvgIpc) is 3.03. The van der Waals surface area contributed by atoms with Gasteiger partial charge in [0, 0.05) is 38.7 Å². The van der Waals surface area contributed by atoms with Crippen molar-refractivity contribution < 1.29 is 14.0 Å². The lowest BCUT2D eigenvalue weighted by Gasteiger charge is -2.22. The van der Waals surface area contributed by atoms with Gasteiger partial charge in [0.05, 0.1) is 5.92 Å². The van der Waals surface area contributed by atoms with Crippen molar-refractivity contribution in [3.8, 4) is 0 Å². The van der Waals surface area contributed by atoms with Gasteiger partial charge in [-0.15, -0.1) is 0 Å². The molecule has 136 valence electrons. The van der Waals surface area contributed by atoms with Crippen molar-refractivity contribution in [3.05, 3.63) is 71.5 Å².